The molecule has 0 aliphatic rings. The van der Waals surface area contributed by atoms with E-state index in [2.05, 4.69) is 40.2 Å². The summed E-state index contributed by atoms with van der Waals surface area (Å²) >= 11 is 0. The van der Waals surface area contributed by atoms with E-state index in [0.29, 0.717) is 6.42 Å². The Bertz CT molecular complexity index is 362. The first-order valence-corrected chi connectivity index (χ1v) is 12.1. The molecule has 0 bridgehead atoms. The SMILES string of the molecule is CCCCCCCC/C=C\CCCCCCCCCC(=O)O.C[N+](C)(C)CCO. The zero-order valence-electron chi connectivity index (χ0n) is 20.1. The molecule has 0 rings (SSSR count). The maximum absolute atomic E-state index is 10.4. The van der Waals surface area contributed by atoms with E-state index in [1.54, 1.807) is 0 Å². The van der Waals surface area contributed by atoms with Gasteiger partial charge in [-0.05, 0) is 32.1 Å². The summed E-state index contributed by atoms with van der Waals surface area (Å²) in [6.07, 6.45) is 24.2. The number of allylic oxidation sites excluding steroid dienone is 2. The van der Waals surface area contributed by atoms with Gasteiger partial charge in [-0.25, -0.2) is 0 Å². The van der Waals surface area contributed by atoms with Crippen molar-refractivity contribution in [1.29, 1.82) is 0 Å². The summed E-state index contributed by atoms with van der Waals surface area (Å²) in [7, 11) is 6.16. The van der Waals surface area contributed by atoms with E-state index in [-0.39, 0.29) is 6.61 Å². The normalized spacial score (nSPS) is 11.5. The molecule has 0 saturated heterocycles. The highest BCUT2D eigenvalue weighted by Crippen LogP contribution is 2.11. The van der Waals surface area contributed by atoms with Crippen LogP contribution >= 0.6 is 0 Å². The van der Waals surface area contributed by atoms with Crippen LogP contribution in [-0.2, 0) is 4.79 Å². The number of likely N-dealkylation sites (N-methyl/N-ethyl adjacent to an activating group) is 1. The van der Waals surface area contributed by atoms with E-state index >= 15 is 0 Å². The van der Waals surface area contributed by atoms with Crippen molar-refractivity contribution in [3.63, 3.8) is 0 Å². The number of quaternary nitrogens is 1. The minimum atomic E-state index is -0.659. The van der Waals surface area contributed by atoms with Crippen molar-refractivity contribution in [3.8, 4) is 0 Å². The Kier molecular flexibility index (Phi) is 24.5. The third-order valence-corrected chi connectivity index (χ3v) is 4.92. The average molecular weight is 415 g/mol. The number of hydrogen-bond donors (Lipinski definition) is 2. The fourth-order valence-electron chi connectivity index (χ4n) is 3.00. The highest BCUT2D eigenvalue weighted by Gasteiger charge is 2.02. The molecule has 0 aromatic carbocycles. The first-order valence-electron chi connectivity index (χ1n) is 12.1. The van der Waals surface area contributed by atoms with Gasteiger partial charge in [-0.1, -0.05) is 83.3 Å². The smallest absolute Gasteiger partial charge is 0.303 e. The van der Waals surface area contributed by atoms with Gasteiger partial charge in [-0.3, -0.25) is 4.79 Å². The van der Waals surface area contributed by atoms with Gasteiger partial charge >= 0.3 is 5.97 Å². The molecule has 0 aromatic heterocycles. The predicted molar refractivity (Wildman–Crippen MR) is 126 cm³/mol. The van der Waals surface area contributed by atoms with E-state index in [9.17, 15) is 4.79 Å². The molecule has 0 saturated carbocycles. The minimum absolute atomic E-state index is 0.281. The summed E-state index contributed by atoms with van der Waals surface area (Å²) in [4.78, 5) is 10.4. The molecular formula is C25H52NO3+. The molecule has 0 heterocycles. The predicted octanol–water partition coefficient (Wildman–Crippen LogP) is 6.57. The Morgan fingerprint density at radius 2 is 1.14 bits per heavy atom. The third kappa shape index (κ3) is 35.0. The van der Waals surface area contributed by atoms with E-state index < -0.39 is 5.97 Å². The molecule has 0 unspecified atom stereocenters. The average Bonchev–Trinajstić information content (AvgIpc) is 2.63. The lowest BCUT2D eigenvalue weighted by molar-refractivity contribution is -0.870. The van der Waals surface area contributed by atoms with Crippen molar-refractivity contribution < 1.29 is 19.5 Å². The van der Waals surface area contributed by atoms with Crippen LogP contribution in [0, 0.1) is 0 Å². The van der Waals surface area contributed by atoms with Crippen LogP contribution in [0.5, 0.6) is 0 Å². The van der Waals surface area contributed by atoms with Crippen LogP contribution in [0.4, 0.5) is 0 Å². The molecule has 0 aromatic rings. The van der Waals surface area contributed by atoms with Crippen molar-refractivity contribution >= 4 is 5.97 Å². The Morgan fingerprint density at radius 1 is 0.724 bits per heavy atom. The molecule has 29 heavy (non-hydrogen) atoms. The van der Waals surface area contributed by atoms with Crippen molar-refractivity contribution in [2.75, 3.05) is 34.3 Å². The van der Waals surface area contributed by atoms with E-state index in [1.165, 1.54) is 83.5 Å². The first kappa shape index (κ1) is 30.3. The topological polar surface area (TPSA) is 57.5 Å². The number of carboxylic acid groups (broad SMARTS) is 1. The second kappa shape index (κ2) is 23.4. The monoisotopic (exact) mass is 414 g/mol. The molecular weight excluding hydrogens is 362 g/mol. The summed E-state index contributed by atoms with van der Waals surface area (Å²) in [6.45, 7) is 3.38. The molecule has 0 atom stereocenters. The largest absolute Gasteiger partial charge is 0.481 e. The van der Waals surface area contributed by atoms with Gasteiger partial charge in [-0.2, -0.15) is 0 Å². The van der Waals surface area contributed by atoms with Gasteiger partial charge in [0.05, 0.1) is 27.7 Å². The molecule has 2 N–H and O–H groups in total. The standard InChI is InChI=1S/C20H38O2.C5H14NO/c1-2-3-4-5-6-7-8-9-10-11-12-13-14-15-16-17-18-19-20(21)22;1-6(2,3)4-5-7/h9-10H,2-8,11-19H2,1H3,(H,21,22);7H,4-5H2,1-3H3/q;+1/b10-9-;. The fraction of sp³-hybridized carbons (Fsp3) is 0.880. The van der Waals surface area contributed by atoms with Crippen LogP contribution in [-0.4, -0.2) is 55.0 Å². The molecule has 0 amide bonds. The Hall–Kier alpha value is -0.870. The second-order valence-electron chi connectivity index (χ2n) is 9.17. The molecule has 0 spiro atoms. The second-order valence-corrected chi connectivity index (χ2v) is 9.17. The van der Waals surface area contributed by atoms with Crippen molar-refractivity contribution in [3.05, 3.63) is 12.2 Å². The summed E-state index contributed by atoms with van der Waals surface area (Å²) in [5, 5.41) is 16.9. The molecule has 174 valence electrons. The molecule has 4 nitrogen and oxygen atoms in total. The zero-order valence-corrected chi connectivity index (χ0v) is 20.1. The van der Waals surface area contributed by atoms with Gasteiger partial charge in [0, 0.05) is 6.42 Å². The third-order valence-electron chi connectivity index (χ3n) is 4.92. The summed E-state index contributed by atoms with van der Waals surface area (Å²) in [5.74, 6) is -0.659. The highest BCUT2D eigenvalue weighted by molar-refractivity contribution is 5.66. The van der Waals surface area contributed by atoms with Crippen LogP contribution in [0.1, 0.15) is 110 Å². The summed E-state index contributed by atoms with van der Waals surface area (Å²) in [6, 6.07) is 0. The maximum atomic E-state index is 10.4. The number of carbonyl (C=O) groups is 1. The van der Waals surface area contributed by atoms with Crippen LogP contribution in [0.3, 0.4) is 0 Å². The molecule has 0 radical (unpaired) electrons. The number of carboxylic acids is 1. The van der Waals surface area contributed by atoms with Gasteiger partial charge in [0.1, 0.15) is 6.54 Å². The summed E-state index contributed by atoms with van der Waals surface area (Å²) < 4.78 is 0.844. The Morgan fingerprint density at radius 3 is 1.48 bits per heavy atom. The van der Waals surface area contributed by atoms with Crippen molar-refractivity contribution in [2.24, 2.45) is 0 Å². The summed E-state index contributed by atoms with van der Waals surface area (Å²) in [5.41, 5.74) is 0. The lowest BCUT2D eigenvalue weighted by Gasteiger charge is -2.21. The zero-order chi connectivity index (χ0) is 22.2. The maximum Gasteiger partial charge on any atom is 0.303 e. The lowest BCUT2D eigenvalue weighted by atomic mass is 10.1. The number of aliphatic hydroxyl groups is 1. The number of nitrogens with zero attached hydrogens (tertiary/aromatic N) is 1. The van der Waals surface area contributed by atoms with Gasteiger partial charge < -0.3 is 14.7 Å². The van der Waals surface area contributed by atoms with Crippen LogP contribution in [0.2, 0.25) is 0 Å². The Labute approximate surface area is 182 Å². The number of aliphatic hydroxyl groups excluding tert-OH is 1. The lowest BCUT2D eigenvalue weighted by Crippen LogP contribution is -2.36. The van der Waals surface area contributed by atoms with Crippen molar-refractivity contribution in [2.45, 2.75) is 110 Å². The van der Waals surface area contributed by atoms with E-state index in [1.807, 2.05) is 0 Å². The van der Waals surface area contributed by atoms with Gasteiger partial charge in [0.2, 0.25) is 0 Å². The quantitative estimate of drug-likeness (QED) is 0.143. The number of unbranched alkanes of at least 4 members (excludes halogenated alkanes) is 13. The van der Waals surface area contributed by atoms with E-state index in [0.717, 1.165) is 23.9 Å². The number of aliphatic carboxylic acids is 1. The Balaban J connectivity index is 0. The molecule has 0 aliphatic heterocycles. The fourth-order valence-corrected chi connectivity index (χ4v) is 3.00. The van der Waals surface area contributed by atoms with Crippen LogP contribution in [0.25, 0.3) is 0 Å². The van der Waals surface area contributed by atoms with Crippen LogP contribution in [0.15, 0.2) is 12.2 Å². The van der Waals surface area contributed by atoms with Gasteiger partial charge in [0.25, 0.3) is 0 Å². The van der Waals surface area contributed by atoms with Crippen molar-refractivity contribution in [1.82, 2.24) is 0 Å². The minimum Gasteiger partial charge on any atom is -0.481 e. The number of rotatable bonds is 19. The first-order chi connectivity index (χ1) is 13.8. The number of hydrogen-bond acceptors (Lipinski definition) is 2. The molecule has 0 aliphatic carbocycles. The van der Waals surface area contributed by atoms with Gasteiger partial charge in [0.15, 0.2) is 0 Å². The molecule has 4 heteroatoms. The van der Waals surface area contributed by atoms with Crippen LogP contribution < -0.4 is 0 Å². The highest BCUT2D eigenvalue weighted by atomic mass is 16.4. The molecule has 0 fully saturated rings. The van der Waals surface area contributed by atoms with Gasteiger partial charge in [-0.15, -0.1) is 0 Å². The van der Waals surface area contributed by atoms with E-state index in [4.69, 9.17) is 10.2 Å².